The summed E-state index contributed by atoms with van der Waals surface area (Å²) in [5, 5.41) is 2.47. The molecule has 4 heteroatoms. The highest BCUT2D eigenvalue weighted by molar-refractivity contribution is 7.91. The number of nitrogens with zero attached hydrogens (tertiary/aromatic N) is 1. The van der Waals surface area contributed by atoms with Crippen molar-refractivity contribution in [2.45, 2.75) is 33.4 Å². The fourth-order valence-electron chi connectivity index (χ4n) is 2.82. The quantitative estimate of drug-likeness (QED) is 0.784. The Kier molecular flexibility index (Phi) is 5.59. The van der Waals surface area contributed by atoms with Crippen molar-refractivity contribution in [1.82, 2.24) is 4.90 Å². The van der Waals surface area contributed by atoms with Crippen molar-refractivity contribution in [2.24, 2.45) is 0 Å². The van der Waals surface area contributed by atoms with Crippen LogP contribution in [0.3, 0.4) is 0 Å². The van der Waals surface area contributed by atoms with Gasteiger partial charge >= 0.3 is 0 Å². The lowest BCUT2D eigenvalue weighted by Crippen LogP contribution is -2.37. The Hall–Kier alpha value is -1.39. The molecule has 2 aromatic rings. The van der Waals surface area contributed by atoms with Gasteiger partial charge in [-0.05, 0) is 29.8 Å². The van der Waals surface area contributed by atoms with E-state index in [9.17, 15) is 8.42 Å². The Morgan fingerprint density at radius 2 is 1.73 bits per heavy atom. The summed E-state index contributed by atoms with van der Waals surface area (Å²) in [6.07, 6.45) is 0. The molecule has 0 bridgehead atoms. The van der Waals surface area contributed by atoms with Crippen molar-refractivity contribution in [3.63, 3.8) is 0 Å². The maximum Gasteiger partial charge on any atom is 0.151 e. The first-order valence-corrected chi connectivity index (χ1v) is 9.70. The molecule has 0 spiro atoms. The van der Waals surface area contributed by atoms with E-state index >= 15 is 0 Å². The molecule has 0 N–H and O–H groups in total. The highest BCUT2D eigenvalue weighted by Crippen LogP contribution is 2.21. The summed E-state index contributed by atoms with van der Waals surface area (Å²) in [5.41, 5.74) is 1.25. The SMILES string of the molecule is CCN(Cc1cccc2ccccc12)C(C)CS(=O)(=O)CC. The van der Waals surface area contributed by atoms with Crippen LogP contribution in [-0.2, 0) is 16.4 Å². The van der Waals surface area contributed by atoms with Gasteiger partial charge in [0.2, 0.25) is 0 Å². The van der Waals surface area contributed by atoms with Gasteiger partial charge in [-0.1, -0.05) is 56.3 Å². The zero-order valence-corrected chi connectivity index (χ0v) is 14.4. The lowest BCUT2D eigenvalue weighted by atomic mass is 10.0. The van der Waals surface area contributed by atoms with E-state index < -0.39 is 9.84 Å². The van der Waals surface area contributed by atoms with Crippen molar-refractivity contribution in [3.05, 3.63) is 48.0 Å². The number of hydrogen-bond acceptors (Lipinski definition) is 3. The molecule has 0 saturated heterocycles. The molecule has 120 valence electrons. The van der Waals surface area contributed by atoms with Crippen molar-refractivity contribution in [2.75, 3.05) is 18.1 Å². The van der Waals surface area contributed by atoms with Gasteiger partial charge in [-0.3, -0.25) is 4.90 Å². The van der Waals surface area contributed by atoms with E-state index in [0.717, 1.165) is 13.1 Å². The summed E-state index contributed by atoms with van der Waals surface area (Å²) in [4.78, 5) is 2.23. The lowest BCUT2D eigenvalue weighted by molar-refractivity contribution is 0.227. The summed E-state index contributed by atoms with van der Waals surface area (Å²) in [6.45, 7) is 7.41. The fraction of sp³-hybridized carbons (Fsp3) is 0.444. The van der Waals surface area contributed by atoms with Crippen LogP contribution in [-0.4, -0.2) is 37.4 Å². The molecule has 0 saturated carbocycles. The monoisotopic (exact) mass is 319 g/mol. The third kappa shape index (κ3) is 4.08. The van der Waals surface area contributed by atoms with Gasteiger partial charge in [-0.15, -0.1) is 0 Å². The molecular weight excluding hydrogens is 294 g/mol. The van der Waals surface area contributed by atoms with Crippen molar-refractivity contribution in [3.8, 4) is 0 Å². The van der Waals surface area contributed by atoms with Crippen LogP contribution in [0.1, 0.15) is 26.3 Å². The molecule has 3 nitrogen and oxygen atoms in total. The van der Waals surface area contributed by atoms with Crippen LogP contribution in [0.15, 0.2) is 42.5 Å². The molecule has 1 unspecified atom stereocenters. The van der Waals surface area contributed by atoms with E-state index in [2.05, 4.69) is 42.2 Å². The Morgan fingerprint density at radius 3 is 2.41 bits per heavy atom. The van der Waals surface area contributed by atoms with Crippen molar-refractivity contribution >= 4 is 20.6 Å². The molecule has 0 fully saturated rings. The Morgan fingerprint density at radius 1 is 1.05 bits per heavy atom. The number of rotatable bonds is 7. The molecule has 0 aromatic heterocycles. The van der Waals surface area contributed by atoms with E-state index in [4.69, 9.17) is 0 Å². The Labute approximate surface area is 133 Å². The van der Waals surface area contributed by atoms with Gasteiger partial charge in [0.25, 0.3) is 0 Å². The smallest absolute Gasteiger partial charge is 0.151 e. The van der Waals surface area contributed by atoms with E-state index in [1.807, 2.05) is 19.1 Å². The molecule has 0 aliphatic heterocycles. The van der Waals surface area contributed by atoms with E-state index in [1.54, 1.807) is 6.92 Å². The van der Waals surface area contributed by atoms with Crippen LogP contribution in [0.2, 0.25) is 0 Å². The van der Waals surface area contributed by atoms with Gasteiger partial charge in [0, 0.05) is 18.3 Å². The molecule has 1 atom stereocenters. The maximum atomic E-state index is 11.9. The maximum absolute atomic E-state index is 11.9. The molecule has 0 amide bonds. The molecule has 0 aliphatic carbocycles. The van der Waals surface area contributed by atoms with Crippen LogP contribution >= 0.6 is 0 Å². The number of sulfone groups is 1. The molecule has 0 aliphatic rings. The average molecular weight is 319 g/mol. The van der Waals surface area contributed by atoms with Gasteiger partial charge in [0.1, 0.15) is 0 Å². The number of benzene rings is 2. The highest BCUT2D eigenvalue weighted by Gasteiger charge is 2.19. The lowest BCUT2D eigenvalue weighted by Gasteiger charge is -2.28. The minimum atomic E-state index is -2.95. The van der Waals surface area contributed by atoms with Crippen LogP contribution in [0.4, 0.5) is 0 Å². The predicted molar refractivity (Wildman–Crippen MR) is 93.8 cm³/mol. The fourth-order valence-corrected chi connectivity index (χ4v) is 4.00. The van der Waals surface area contributed by atoms with Crippen LogP contribution in [0.25, 0.3) is 10.8 Å². The molecule has 22 heavy (non-hydrogen) atoms. The molecular formula is C18H25NO2S. The van der Waals surface area contributed by atoms with E-state index in [-0.39, 0.29) is 17.5 Å². The second-order valence-electron chi connectivity index (χ2n) is 5.75. The first kappa shape index (κ1) is 17.0. The molecule has 0 radical (unpaired) electrons. The predicted octanol–water partition coefficient (Wildman–Crippen LogP) is 3.48. The summed E-state index contributed by atoms with van der Waals surface area (Å²) in [5.74, 6) is 0.436. The second-order valence-corrected chi connectivity index (χ2v) is 8.15. The highest BCUT2D eigenvalue weighted by atomic mass is 32.2. The zero-order valence-electron chi connectivity index (χ0n) is 13.6. The van der Waals surface area contributed by atoms with Gasteiger partial charge < -0.3 is 0 Å². The summed E-state index contributed by atoms with van der Waals surface area (Å²) < 4.78 is 23.7. The Balaban J connectivity index is 2.22. The zero-order chi connectivity index (χ0) is 16.2. The summed E-state index contributed by atoms with van der Waals surface area (Å²) in [7, 11) is -2.95. The molecule has 0 heterocycles. The van der Waals surface area contributed by atoms with Gasteiger partial charge in [0.05, 0.1) is 5.75 Å². The van der Waals surface area contributed by atoms with Crippen molar-refractivity contribution in [1.29, 1.82) is 0 Å². The second kappa shape index (κ2) is 7.25. The van der Waals surface area contributed by atoms with E-state index in [1.165, 1.54) is 16.3 Å². The topological polar surface area (TPSA) is 37.4 Å². The molecule has 2 aromatic carbocycles. The van der Waals surface area contributed by atoms with Crippen molar-refractivity contribution < 1.29 is 8.42 Å². The average Bonchev–Trinajstić information content (AvgIpc) is 2.52. The van der Waals surface area contributed by atoms with Gasteiger partial charge in [-0.25, -0.2) is 8.42 Å². The first-order chi connectivity index (χ1) is 10.5. The Bertz CT molecular complexity index is 719. The third-order valence-corrected chi connectivity index (χ3v) is 6.09. The normalized spacial score (nSPS) is 13.6. The van der Waals surface area contributed by atoms with Gasteiger partial charge in [-0.2, -0.15) is 0 Å². The van der Waals surface area contributed by atoms with E-state index in [0.29, 0.717) is 0 Å². The largest absolute Gasteiger partial charge is 0.296 e. The van der Waals surface area contributed by atoms with Crippen LogP contribution in [0, 0.1) is 0 Å². The van der Waals surface area contributed by atoms with Crippen LogP contribution < -0.4 is 0 Å². The minimum absolute atomic E-state index is 0.0221. The number of fused-ring (bicyclic) bond motifs is 1. The standard InChI is InChI=1S/C18H25NO2S/c1-4-19(15(3)14-22(20,21)5-2)13-17-11-8-10-16-9-6-7-12-18(16)17/h6-12,15H,4-5,13-14H2,1-3H3. The molecule has 2 rings (SSSR count). The number of hydrogen-bond donors (Lipinski definition) is 0. The van der Waals surface area contributed by atoms with Gasteiger partial charge in [0.15, 0.2) is 9.84 Å². The summed E-state index contributed by atoms with van der Waals surface area (Å²) >= 11 is 0. The summed E-state index contributed by atoms with van der Waals surface area (Å²) in [6, 6.07) is 14.7. The minimum Gasteiger partial charge on any atom is -0.296 e. The third-order valence-electron chi connectivity index (χ3n) is 4.22. The van der Waals surface area contributed by atoms with Crippen LogP contribution in [0.5, 0.6) is 0 Å². The first-order valence-electron chi connectivity index (χ1n) is 7.88.